The molecule has 63 heavy (non-hydrogen) atoms. The molecule has 9 atom stereocenters. The van der Waals surface area contributed by atoms with Crippen LogP contribution in [0.2, 0.25) is 0 Å². The van der Waals surface area contributed by atoms with Gasteiger partial charge in [-0.25, -0.2) is 0 Å². The number of rotatable bonds is 16. The first-order valence-corrected chi connectivity index (χ1v) is 21.7. The Balaban J connectivity index is 1.19. The van der Waals surface area contributed by atoms with Gasteiger partial charge in [-0.2, -0.15) is 4.73 Å². The maximum absolute atomic E-state index is 12.6. The van der Waals surface area contributed by atoms with E-state index in [4.69, 9.17) is 45.4 Å². The van der Waals surface area contributed by atoms with Crippen LogP contribution in [0, 0.1) is 5.21 Å². The molecule has 15 nitrogen and oxygen atoms in total. The molecule has 0 spiro atoms. The second-order valence-electron chi connectivity index (χ2n) is 15.0. The van der Waals surface area contributed by atoms with Crippen LogP contribution in [0.3, 0.4) is 0 Å². The smallest absolute Gasteiger partial charge is 0.303 e. The Morgan fingerprint density at radius 2 is 1.30 bits per heavy atom. The lowest BCUT2D eigenvalue weighted by atomic mass is 9.84. The van der Waals surface area contributed by atoms with Gasteiger partial charge in [-0.1, -0.05) is 103 Å². The lowest BCUT2D eigenvalue weighted by Gasteiger charge is -2.44. The summed E-state index contributed by atoms with van der Waals surface area (Å²) in [4.78, 5) is 48.7. The van der Waals surface area contributed by atoms with E-state index < -0.39 is 72.9 Å². The van der Waals surface area contributed by atoms with Crippen LogP contribution in [-0.4, -0.2) is 83.0 Å². The van der Waals surface area contributed by atoms with Gasteiger partial charge in [-0.3, -0.25) is 19.2 Å². The maximum atomic E-state index is 12.6. The number of thioether (sulfide) groups is 1. The summed E-state index contributed by atoms with van der Waals surface area (Å²) in [5, 5.41) is 26.1. The highest BCUT2D eigenvalue weighted by Gasteiger charge is 2.52. The van der Waals surface area contributed by atoms with Crippen molar-refractivity contribution in [2.45, 2.75) is 107 Å². The van der Waals surface area contributed by atoms with Crippen LogP contribution >= 0.6 is 24.0 Å². The Bertz CT molecular complexity index is 2190. The highest BCUT2D eigenvalue weighted by molar-refractivity contribution is 7.99. The summed E-state index contributed by atoms with van der Waals surface area (Å²) in [6, 6.07) is 30.6. The summed E-state index contributed by atoms with van der Waals surface area (Å²) in [5.74, 6) is -2.55. The average molecular weight is 903 g/mol. The number of hydrogen-bond acceptors (Lipinski definition) is 15. The lowest BCUT2D eigenvalue weighted by molar-refractivity contribution is -0.645. The molecular weight excluding hydrogens is 853 g/mol. The summed E-state index contributed by atoms with van der Waals surface area (Å²) in [6.07, 6.45) is -6.03. The number of aliphatic hydroxyl groups excluding tert-OH is 1. The fourth-order valence-corrected chi connectivity index (χ4v) is 8.79. The topological polar surface area (TPSA) is 192 Å². The Morgan fingerprint density at radius 3 is 1.92 bits per heavy atom. The predicted octanol–water partition coefficient (Wildman–Crippen LogP) is 5.48. The number of carbonyl (C=O) groups excluding carboxylic acids is 4. The van der Waals surface area contributed by atoms with Crippen molar-refractivity contribution in [2.75, 3.05) is 12.4 Å². The van der Waals surface area contributed by atoms with Gasteiger partial charge < -0.3 is 48.8 Å². The van der Waals surface area contributed by atoms with Gasteiger partial charge in [0.2, 0.25) is 0 Å². The third-order valence-electron chi connectivity index (χ3n) is 10.4. The third kappa shape index (κ3) is 12.8. The van der Waals surface area contributed by atoms with E-state index in [9.17, 15) is 29.5 Å². The minimum Gasteiger partial charge on any atom is -0.618 e. The van der Waals surface area contributed by atoms with Crippen LogP contribution in [0.1, 0.15) is 80.2 Å². The fourth-order valence-electron chi connectivity index (χ4n) is 7.57. The second kappa shape index (κ2) is 22.3. The van der Waals surface area contributed by atoms with Gasteiger partial charge >= 0.3 is 23.9 Å². The van der Waals surface area contributed by atoms with E-state index in [1.54, 1.807) is 12.1 Å². The van der Waals surface area contributed by atoms with Crippen molar-refractivity contribution in [3.8, 4) is 0 Å². The monoisotopic (exact) mass is 902 g/mol. The predicted molar refractivity (Wildman–Crippen MR) is 232 cm³/mol. The van der Waals surface area contributed by atoms with Gasteiger partial charge in [0.15, 0.2) is 30.8 Å². The number of nitrogens with one attached hydrogen (secondary N) is 1. The van der Waals surface area contributed by atoms with Crippen LogP contribution in [0.4, 0.5) is 0 Å². The number of hydrogen-bond donors (Lipinski definition) is 2. The first-order valence-electron chi connectivity index (χ1n) is 20.3. The summed E-state index contributed by atoms with van der Waals surface area (Å²) in [5.41, 5.74) is 4.32. The normalized spacial score (nSPS) is 24.4. The molecule has 2 fully saturated rings. The number of thiocarbonyl (C=S) groups is 1. The number of nitrogens with zero attached hydrogens (tertiary/aromatic N) is 1. The van der Waals surface area contributed by atoms with Crippen molar-refractivity contribution in [2.24, 2.45) is 0 Å². The SMILES string of the molecule is CC(=O)OC[C@H]1O[C@@H](CC(=S)NCc2ccc(C3O[C@H](CSc4cccc[n+]4[O-])[C@@H](c4ccccc4)[C@H](c4ccc(CO)cc4)O3)cc2)[C@H](OC(C)=O)[C@@H](OC(C)=O)[C@@H]1OC(C)=O. The summed E-state index contributed by atoms with van der Waals surface area (Å²) >= 11 is 7.13. The summed E-state index contributed by atoms with van der Waals surface area (Å²) < 4.78 is 42.5. The van der Waals surface area contributed by atoms with Gasteiger partial charge in [0.05, 0.1) is 23.8 Å². The Kier molecular flexibility index (Phi) is 16.6. The molecule has 4 aromatic rings. The summed E-state index contributed by atoms with van der Waals surface area (Å²) in [7, 11) is 0. The molecule has 0 saturated carbocycles. The van der Waals surface area contributed by atoms with Crippen LogP contribution in [0.15, 0.2) is 108 Å². The zero-order valence-corrected chi connectivity index (χ0v) is 36.8. The molecule has 0 aliphatic carbocycles. The molecule has 3 heterocycles. The van der Waals surface area contributed by atoms with E-state index in [0.29, 0.717) is 15.8 Å². The second-order valence-corrected chi connectivity index (χ2v) is 16.6. The van der Waals surface area contributed by atoms with Gasteiger partial charge in [0.25, 0.3) is 5.03 Å². The quantitative estimate of drug-likeness (QED) is 0.0359. The number of esters is 4. The van der Waals surface area contributed by atoms with E-state index in [1.165, 1.54) is 31.8 Å². The first kappa shape index (κ1) is 47.1. The third-order valence-corrected chi connectivity index (χ3v) is 11.8. The van der Waals surface area contributed by atoms with E-state index in [1.807, 2.05) is 84.9 Å². The van der Waals surface area contributed by atoms with Crippen LogP contribution in [0.5, 0.6) is 0 Å². The van der Waals surface area contributed by atoms with Crippen molar-refractivity contribution >= 4 is 52.8 Å². The lowest BCUT2D eigenvalue weighted by Crippen LogP contribution is -2.62. The van der Waals surface area contributed by atoms with Crippen molar-refractivity contribution < 1.29 is 62.2 Å². The standard InChI is InChI=1S/C46H50N2O13S2/c1-27(50)55-25-37-44(57-29(3)52)45(58-30(4)53)43(56-28(2)51)36(59-37)22-39(62)47-23-31-13-19-35(20-14-31)46-60-38(26-63-40-12-8-9-21-48(40)54)41(33-10-6-5-7-11-33)42(61-46)34-17-15-32(24-49)16-18-34/h5-21,36-38,41-46,49H,22-26H2,1-4H3,(H,47,62)/t36-,37+,38+,41+,42-,43-,44+,45+,46?/m0/s1. The van der Waals surface area contributed by atoms with Gasteiger partial charge in [-0.15, -0.1) is 0 Å². The maximum Gasteiger partial charge on any atom is 0.303 e. The number of benzene rings is 3. The Hall–Kier alpha value is -5.43. The van der Waals surface area contributed by atoms with E-state index >= 15 is 0 Å². The molecule has 1 aromatic heterocycles. The van der Waals surface area contributed by atoms with Crippen molar-refractivity contribution in [3.63, 3.8) is 0 Å². The zero-order valence-electron chi connectivity index (χ0n) is 35.2. The fraction of sp³-hybridized carbons (Fsp3) is 0.391. The van der Waals surface area contributed by atoms with Crippen molar-refractivity contribution in [1.29, 1.82) is 0 Å². The zero-order chi connectivity index (χ0) is 45.0. The highest BCUT2D eigenvalue weighted by Crippen LogP contribution is 2.48. The van der Waals surface area contributed by atoms with Crippen LogP contribution < -0.4 is 10.0 Å². The van der Waals surface area contributed by atoms with Gasteiger partial charge in [-0.05, 0) is 28.3 Å². The van der Waals surface area contributed by atoms with E-state index in [-0.39, 0.29) is 32.1 Å². The number of aromatic nitrogens is 1. The van der Waals surface area contributed by atoms with E-state index in [0.717, 1.165) is 46.4 Å². The number of pyridine rings is 1. The molecule has 2 aliphatic heterocycles. The van der Waals surface area contributed by atoms with E-state index in [2.05, 4.69) is 5.32 Å². The van der Waals surface area contributed by atoms with Crippen LogP contribution in [0.25, 0.3) is 0 Å². The largest absolute Gasteiger partial charge is 0.618 e. The molecule has 334 valence electrons. The Labute approximate surface area is 374 Å². The number of aliphatic hydroxyl groups is 1. The first-order chi connectivity index (χ1) is 30.3. The molecule has 2 saturated heterocycles. The minimum atomic E-state index is -1.30. The minimum absolute atomic E-state index is 0.00573. The number of ether oxygens (including phenoxy) is 7. The summed E-state index contributed by atoms with van der Waals surface area (Å²) in [6.45, 7) is 4.57. The molecule has 6 rings (SSSR count). The molecule has 17 heteroatoms. The molecule has 0 radical (unpaired) electrons. The molecule has 0 bridgehead atoms. The Morgan fingerprint density at radius 1 is 0.698 bits per heavy atom. The van der Waals surface area contributed by atoms with Gasteiger partial charge in [0.1, 0.15) is 18.8 Å². The van der Waals surface area contributed by atoms with Crippen LogP contribution in [-0.2, 0) is 65.5 Å². The molecule has 0 amide bonds. The molecule has 3 aromatic carbocycles. The molecule has 1 unspecified atom stereocenters. The highest BCUT2D eigenvalue weighted by atomic mass is 32.2. The van der Waals surface area contributed by atoms with Crippen molar-refractivity contribution in [1.82, 2.24) is 5.32 Å². The number of carbonyl (C=O) groups is 4. The average Bonchev–Trinajstić information content (AvgIpc) is 3.26. The molecule has 2 aliphatic rings. The van der Waals surface area contributed by atoms with Crippen molar-refractivity contribution in [3.05, 3.63) is 136 Å². The molecule has 2 N–H and O–H groups in total. The molecular formula is C46H50N2O13S2. The van der Waals surface area contributed by atoms with Gasteiger partial charge in [0, 0.05) is 70.0 Å².